The third-order valence-corrected chi connectivity index (χ3v) is 6.18. The number of benzene rings is 1. The molecule has 0 saturated heterocycles. The van der Waals surface area contributed by atoms with Crippen molar-refractivity contribution in [1.29, 1.82) is 0 Å². The van der Waals surface area contributed by atoms with Crippen molar-refractivity contribution in [2.75, 3.05) is 47.8 Å². The summed E-state index contributed by atoms with van der Waals surface area (Å²) in [6.45, 7) is 6.88. The van der Waals surface area contributed by atoms with Gasteiger partial charge in [0, 0.05) is 38.3 Å². The molecule has 1 aromatic rings. The molecule has 0 aromatic heterocycles. The molecule has 2 unspecified atom stereocenters. The zero-order chi connectivity index (χ0) is 22.1. The lowest BCUT2D eigenvalue weighted by molar-refractivity contribution is 0.0827. The van der Waals surface area contributed by atoms with E-state index >= 15 is 0 Å². The van der Waals surface area contributed by atoms with Gasteiger partial charge in [-0.15, -0.1) is 0 Å². The molecule has 1 amide bonds. The minimum atomic E-state index is 0.0374. The first-order chi connectivity index (χ1) is 14.3. The first kappa shape index (κ1) is 24.2. The largest absolute Gasteiger partial charge is 0.357 e. The van der Waals surface area contributed by atoms with Gasteiger partial charge in [0.25, 0.3) is 5.91 Å². The number of aliphatic imine (C=N–C) groups is 1. The summed E-state index contributed by atoms with van der Waals surface area (Å²) >= 11 is 0. The van der Waals surface area contributed by atoms with Gasteiger partial charge in [0.15, 0.2) is 5.96 Å². The zero-order valence-corrected chi connectivity index (χ0v) is 19.8. The monoisotopic (exact) mass is 415 g/mol. The van der Waals surface area contributed by atoms with Gasteiger partial charge >= 0.3 is 0 Å². The van der Waals surface area contributed by atoms with Crippen LogP contribution >= 0.6 is 0 Å². The molecule has 6 nitrogen and oxygen atoms in total. The fourth-order valence-electron chi connectivity index (χ4n) is 4.33. The Bertz CT molecular complexity index is 715. The molecule has 0 bridgehead atoms. The Balaban J connectivity index is 1.98. The Labute approximate surface area is 183 Å². The maximum absolute atomic E-state index is 12.2. The van der Waals surface area contributed by atoms with Crippen LogP contribution in [0.2, 0.25) is 0 Å². The third-order valence-electron chi connectivity index (χ3n) is 6.18. The van der Waals surface area contributed by atoms with Crippen molar-refractivity contribution in [3.63, 3.8) is 0 Å². The average molecular weight is 416 g/mol. The molecule has 0 radical (unpaired) electrons. The second-order valence-electron chi connectivity index (χ2n) is 9.09. The van der Waals surface area contributed by atoms with Crippen LogP contribution in [0.25, 0.3) is 0 Å². The molecule has 2 atom stereocenters. The van der Waals surface area contributed by atoms with Gasteiger partial charge in [-0.25, -0.2) is 0 Å². The molecule has 1 saturated carbocycles. The minimum absolute atomic E-state index is 0.0374. The summed E-state index contributed by atoms with van der Waals surface area (Å²) in [5.41, 5.74) is 2.04. The van der Waals surface area contributed by atoms with Gasteiger partial charge in [-0.05, 0) is 63.9 Å². The number of nitrogens with zero attached hydrogens (tertiary/aromatic N) is 3. The Morgan fingerprint density at radius 1 is 1.23 bits per heavy atom. The van der Waals surface area contributed by atoms with Crippen molar-refractivity contribution < 1.29 is 4.79 Å². The summed E-state index contributed by atoms with van der Waals surface area (Å²) in [6.07, 6.45) is 5.86. The Morgan fingerprint density at radius 3 is 2.63 bits per heavy atom. The maximum atomic E-state index is 12.2. The van der Waals surface area contributed by atoms with Crippen molar-refractivity contribution in [3.05, 3.63) is 35.4 Å². The van der Waals surface area contributed by atoms with E-state index < -0.39 is 0 Å². The fraction of sp³-hybridized carbons (Fsp3) is 0.667. The van der Waals surface area contributed by atoms with E-state index in [1.165, 1.54) is 25.7 Å². The first-order valence-corrected chi connectivity index (χ1v) is 11.3. The summed E-state index contributed by atoms with van der Waals surface area (Å²) in [5.74, 6) is 1.66. The molecule has 1 aliphatic carbocycles. The summed E-state index contributed by atoms with van der Waals surface area (Å²) < 4.78 is 0. The van der Waals surface area contributed by atoms with Crippen molar-refractivity contribution in [2.45, 2.75) is 51.5 Å². The van der Waals surface area contributed by atoms with Crippen molar-refractivity contribution >= 4 is 11.9 Å². The predicted molar refractivity (Wildman–Crippen MR) is 126 cm³/mol. The van der Waals surface area contributed by atoms with Gasteiger partial charge < -0.3 is 20.4 Å². The average Bonchev–Trinajstić information content (AvgIpc) is 2.71. The molecule has 0 heterocycles. The normalized spacial score (nSPS) is 22.1. The van der Waals surface area contributed by atoms with E-state index in [0.29, 0.717) is 0 Å². The maximum Gasteiger partial charge on any atom is 0.253 e. The van der Waals surface area contributed by atoms with Crippen LogP contribution in [-0.2, 0) is 6.42 Å². The number of rotatable bonds is 8. The topological polar surface area (TPSA) is 60.0 Å². The number of amides is 1. The molecule has 2 N–H and O–H groups in total. The highest BCUT2D eigenvalue weighted by molar-refractivity contribution is 5.94. The zero-order valence-electron chi connectivity index (χ0n) is 19.8. The van der Waals surface area contributed by atoms with Crippen LogP contribution in [0.15, 0.2) is 29.3 Å². The second kappa shape index (κ2) is 11.3. The van der Waals surface area contributed by atoms with E-state index in [2.05, 4.69) is 49.5 Å². The number of carbonyl (C=O) groups excluding carboxylic acids is 1. The van der Waals surface area contributed by atoms with Crippen LogP contribution in [-0.4, -0.2) is 75.0 Å². The predicted octanol–water partition coefficient (Wildman–Crippen LogP) is 3.00. The quantitative estimate of drug-likeness (QED) is 0.506. The molecule has 0 spiro atoms. The highest BCUT2D eigenvalue weighted by Crippen LogP contribution is 2.35. The van der Waals surface area contributed by atoms with Gasteiger partial charge in [0.2, 0.25) is 0 Å². The van der Waals surface area contributed by atoms with Crippen LogP contribution in [0.3, 0.4) is 0 Å². The number of guanidine groups is 1. The van der Waals surface area contributed by atoms with E-state index in [1.54, 1.807) is 19.0 Å². The van der Waals surface area contributed by atoms with E-state index in [0.717, 1.165) is 49.1 Å². The standard InChI is InChI=1S/C24H41N5O/c1-7-25-23(27-18-24(29(5)6)14-9-10-19(2)17-24)26-15-13-20-11-8-12-21(16-20)22(30)28(3)4/h8,11-12,16,19H,7,9-10,13-15,17-18H2,1-6H3,(H2,25,26,27). The van der Waals surface area contributed by atoms with Gasteiger partial charge in [-0.1, -0.05) is 31.9 Å². The summed E-state index contributed by atoms with van der Waals surface area (Å²) in [4.78, 5) is 21.1. The highest BCUT2D eigenvalue weighted by Gasteiger charge is 2.36. The van der Waals surface area contributed by atoms with Gasteiger partial charge in [0.05, 0.1) is 6.54 Å². The molecule has 1 aromatic carbocycles. The molecule has 1 fully saturated rings. The lowest BCUT2D eigenvalue weighted by Gasteiger charge is -2.44. The highest BCUT2D eigenvalue weighted by atomic mass is 16.2. The number of nitrogens with one attached hydrogen (secondary N) is 2. The lowest BCUT2D eigenvalue weighted by Crippen LogP contribution is -2.51. The van der Waals surface area contributed by atoms with Crippen molar-refractivity contribution in [2.24, 2.45) is 10.9 Å². The van der Waals surface area contributed by atoms with Crippen LogP contribution < -0.4 is 10.6 Å². The molecular formula is C24H41N5O. The molecule has 6 heteroatoms. The lowest BCUT2D eigenvalue weighted by atomic mass is 9.75. The molecular weight excluding hydrogens is 374 g/mol. The van der Waals surface area contributed by atoms with E-state index in [-0.39, 0.29) is 11.4 Å². The number of carbonyl (C=O) groups is 1. The van der Waals surface area contributed by atoms with Gasteiger partial charge in [-0.3, -0.25) is 9.79 Å². The van der Waals surface area contributed by atoms with E-state index in [9.17, 15) is 4.79 Å². The van der Waals surface area contributed by atoms with E-state index in [4.69, 9.17) is 4.99 Å². The summed E-state index contributed by atoms with van der Waals surface area (Å²) in [6, 6.07) is 7.88. The number of hydrogen-bond donors (Lipinski definition) is 2. The summed E-state index contributed by atoms with van der Waals surface area (Å²) in [7, 11) is 7.94. The first-order valence-electron chi connectivity index (χ1n) is 11.3. The van der Waals surface area contributed by atoms with Crippen LogP contribution in [0.1, 0.15) is 55.5 Å². The SMILES string of the molecule is CCNC(=NCC1(N(C)C)CCCC(C)C1)NCCc1cccc(C(=O)N(C)C)c1. The van der Waals surface area contributed by atoms with Crippen molar-refractivity contribution in [1.82, 2.24) is 20.4 Å². The van der Waals surface area contributed by atoms with Gasteiger partial charge in [-0.2, -0.15) is 0 Å². The molecule has 30 heavy (non-hydrogen) atoms. The molecule has 2 rings (SSSR count). The molecule has 168 valence electrons. The van der Waals surface area contributed by atoms with Crippen molar-refractivity contribution in [3.8, 4) is 0 Å². The summed E-state index contributed by atoms with van der Waals surface area (Å²) in [5, 5.41) is 6.85. The molecule has 0 aliphatic heterocycles. The number of likely N-dealkylation sites (N-methyl/N-ethyl adjacent to an activating group) is 1. The van der Waals surface area contributed by atoms with E-state index in [1.807, 2.05) is 18.2 Å². The fourth-order valence-corrected chi connectivity index (χ4v) is 4.33. The Hall–Kier alpha value is -2.08. The van der Waals surface area contributed by atoms with Crippen LogP contribution in [0, 0.1) is 5.92 Å². The van der Waals surface area contributed by atoms with Crippen LogP contribution in [0.5, 0.6) is 0 Å². The second-order valence-corrected chi connectivity index (χ2v) is 9.09. The smallest absolute Gasteiger partial charge is 0.253 e. The Kier molecular flexibility index (Phi) is 9.15. The minimum Gasteiger partial charge on any atom is -0.357 e. The number of hydrogen-bond acceptors (Lipinski definition) is 3. The Morgan fingerprint density at radius 2 is 2.00 bits per heavy atom. The van der Waals surface area contributed by atoms with Crippen LogP contribution in [0.4, 0.5) is 0 Å². The van der Waals surface area contributed by atoms with Gasteiger partial charge in [0.1, 0.15) is 0 Å². The molecule has 1 aliphatic rings. The third kappa shape index (κ3) is 6.73.